The van der Waals surface area contributed by atoms with E-state index >= 15 is 0 Å². The van der Waals surface area contributed by atoms with Gasteiger partial charge in [0.1, 0.15) is 24.1 Å². The van der Waals surface area contributed by atoms with E-state index < -0.39 is 5.97 Å². The average molecular weight is 570 g/mol. The van der Waals surface area contributed by atoms with Crippen LogP contribution in [0.4, 0.5) is 10.2 Å². The maximum atomic E-state index is 14.3. The van der Waals surface area contributed by atoms with Crippen molar-refractivity contribution >= 4 is 22.8 Å². The molecule has 5 heterocycles. The largest absolute Gasteiger partial charge is 0.478 e. The summed E-state index contributed by atoms with van der Waals surface area (Å²) in [5, 5.41) is 9.56. The molecule has 4 fully saturated rings. The minimum absolute atomic E-state index is 0.0824. The zero-order valence-electron chi connectivity index (χ0n) is 23.4. The Kier molecular flexibility index (Phi) is 5.81. The molecule has 0 radical (unpaired) electrons. The van der Waals surface area contributed by atoms with Crippen LogP contribution in [-0.2, 0) is 24.4 Å². The second kappa shape index (κ2) is 9.50. The van der Waals surface area contributed by atoms with Crippen molar-refractivity contribution in [3.8, 4) is 5.88 Å². The van der Waals surface area contributed by atoms with Crippen molar-refractivity contribution in [2.75, 3.05) is 18.1 Å². The number of rotatable bonds is 9. The Balaban J connectivity index is 0.995. The first-order valence-corrected chi connectivity index (χ1v) is 14.6. The van der Waals surface area contributed by atoms with Gasteiger partial charge in [-0.2, -0.15) is 4.98 Å². The van der Waals surface area contributed by atoms with Crippen molar-refractivity contribution < 1.29 is 23.8 Å². The van der Waals surface area contributed by atoms with Crippen LogP contribution in [-0.4, -0.2) is 67.4 Å². The number of pyridine rings is 1. The number of carbonyl (C=O) groups is 1. The fourth-order valence-electron chi connectivity index (χ4n) is 7.33. The summed E-state index contributed by atoms with van der Waals surface area (Å²) in [5.41, 5.74) is 3.41. The minimum atomic E-state index is -0.937. The summed E-state index contributed by atoms with van der Waals surface area (Å²) in [4.78, 5) is 26.4. The van der Waals surface area contributed by atoms with Crippen molar-refractivity contribution in [3.63, 3.8) is 0 Å². The molecular formula is C32H32FN5O4. The predicted molar refractivity (Wildman–Crippen MR) is 153 cm³/mol. The molecule has 4 aliphatic rings. The summed E-state index contributed by atoms with van der Waals surface area (Å²) < 4.78 is 28.1. The number of hydrogen-bond acceptors (Lipinski definition) is 7. The predicted octanol–water partition coefficient (Wildman–Crippen LogP) is 4.55. The number of aromatic carboxylic acids is 1. The van der Waals surface area contributed by atoms with E-state index in [1.165, 1.54) is 6.07 Å². The van der Waals surface area contributed by atoms with Crippen molar-refractivity contribution in [1.29, 1.82) is 0 Å². The molecule has 10 heteroatoms. The number of aromatic nitrogens is 3. The smallest absolute Gasteiger partial charge is 0.335 e. The van der Waals surface area contributed by atoms with Gasteiger partial charge in [-0.3, -0.25) is 4.90 Å². The highest BCUT2D eigenvalue weighted by Gasteiger charge is 2.75. The molecule has 2 aromatic heterocycles. The number of anilines is 1. The number of aryl methyl sites for hydroxylation is 1. The summed E-state index contributed by atoms with van der Waals surface area (Å²) in [6, 6.07) is 16.9. The zero-order valence-corrected chi connectivity index (χ0v) is 23.4. The van der Waals surface area contributed by atoms with Gasteiger partial charge < -0.3 is 24.0 Å². The summed E-state index contributed by atoms with van der Waals surface area (Å²) in [5.74, 6) is 1.14. The number of benzene rings is 2. The van der Waals surface area contributed by atoms with Gasteiger partial charge in [0.25, 0.3) is 0 Å². The first-order valence-electron chi connectivity index (χ1n) is 14.6. The van der Waals surface area contributed by atoms with E-state index in [0.29, 0.717) is 36.6 Å². The number of likely N-dealkylation sites (tertiary alicyclic amines) is 1. The molecule has 42 heavy (non-hydrogen) atoms. The molecular weight excluding hydrogens is 537 g/mol. The molecule has 1 aliphatic carbocycles. The first-order chi connectivity index (χ1) is 20.4. The van der Waals surface area contributed by atoms with Crippen LogP contribution < -0.4 is 9.64 Å². The highest BCUT2D eigenvalue weighted by Crippen LogP contribution is 2.61. The monoisotopic (exact) mass is 569 g/mol. The summed E-state index contributed by atoms with van der Waals surface area (Å²) in [7, 11) is 0. The van der Waals surface area contributed by atoms with E-state index in [1.807, 2.05) is 37.3 Å². The lowest BCUT2D eigenvalue weighted by Gasteiger charge is -2.80. The fourth-order valence-corrected chi connectivity index (χ4v) is 7.33. The number of ether oxygens (including phenoxy) is 2. The molecule has 1 saturated carbocycles. The second-order valence-electron chi connectivity index (χ2n) is 12.0. The minimum Gasteiger partial charge on any atom is -0.478 e. The fraction of sp³-hybridized carbons (Fsp3) is 0.406. The molecule has 3 saturated heterocycles. The van der Waals surface area contributed by atoms with E-state index in [2.05, 4.69) is 14.4 Å². The van der Waals surface area contributed by atoms with E-state index in [1.54, 1.807) is 18.2 Å². The molecule has 4 atom stereocenters. The Hall–Kier alpha value is -4.02. The molecule has 2 aromatic carbocycles. The molecule has 216 valence electrons. The number of hydrogen-bond donors (Lipinski definition) is 1. The molecule has 3 aliphatic heterocycles. The van der Waals surface area contributed by atoms with Gasteiger partial charge in [0.2, 0.25) is 5.88 Å². The van der Waals surface area contributed by atoms with E-state index in [9.17, 15) is 14.3 Å². The summed E-state index contributed by atoms with van der Waals surface area (Å²) in [6.45, 7) is 5.03. The third kappa shape index (κ3) is 3.85. The average Bonchev–Trinajstić information content (AvgIpc) is 3.25. The maximum absolute atomic E-state index is 14.3. The standard InChI is InChI=1S/C32H32FN5O4/c1-19-5-6-21(23(33)13-19)18-42-30-4-2-3-28(35-30)38-16-27-32(38)11-9-26(32)37(27)17-29-34-24-8-7-20(31(39)40)14-25(24)36(29)15-22-10-12-41-22/h2-8,13-14,22,26-27H,9-12,15-18H2,1H3,(H,39,40)/t22-,26?,27?,32?/m0/s1. The normalized spacial score (nSPS) is 26.0. The Labute approximate surface area is 242 Å². The molecule has 8 rings (SSSR count). The Morgan fingerprint density at radius 3 is 2.74 bits per heavy atom. The molecule has 4 aromatic rings. The van der Waals surface area contributed by atoms with Crippen LogP contribution in [0.2, 0.25) is 0 Å². The van der Waals surface area contributed by atoms with Gasteiger partial charge in [0, 0.05) is 30.8 Å². The van der Waals surface area contributed by atoms with Crippen LogP contribution >= 0.6 is 0 Å². The van der Waals surface area contributed by atoms with Crippen LogP contribution in [0.15, 0.2) is 54.6 Å². The lowest BCUT2D eigenvalue weighted by molar-refractivity contribution is -0.192. The molecule has 3 unspecified atom stereocenters. The number of piperazine rings is 1. The molecule has 9 nitrogen and oxygen atoms in total. The van der Waals surface area contributed by atoms with Crippen LogP contribution in [0.5, 0.6) is 5.88 Å². The van der Waals surface area contributed by atoms with Crippen LogP contribution in [0.3, 0.4) is 0 Å². The topological polar surface area (TPSA) is 93.0 Å². The quantitative estimate of drug-likeness (QED) is 0.314. The lowest BCUT2D eigenvalue weighted by Crippen LogP contribution is -2.96. The highest BCUT2D eigenvalue weighted by atomic mass is 19.1. The number of fused-ring (bicyclic) bond motifs is 1. The summed E-state index contributed by atoms with van der Waals surface area (Å²) >= 11 is 0. The van der Waals surface area contributed by atoms with Crippen molar-refractivity contribution in [2.45, 2.75) is 69.6 Å². The van der Waals surface area contributed by atoms with Gasteiger partial charge in [-0.25, -0.2) is 14.2 Å². The van der Waals surface area contributed by atoms with Crippen LogP contribution in [0, 0.1) is 12.7 Å². The second-order valence-corrected chi connectivity index (χ2v) is 12.0. The zero-order chi connectivity index (χ0) is 28.6. The van der Waals surface area contributed by atoms with Gasteiger partial charge in [0.05, 0.1) is 47.4 Å². The van der Waals surface area contributed by atoms with Crippen molar-refractivity contribution in [1.82, 2.24) is 19.4 Å². The Morgan fingerprint density at radius 1 is 1.14 bits per heavy atom. The third-order valence-corrected chi connectivity index (χ3v) is 9.78. The molecule has 1 spiro atoms. The molecule has 1 N–H and O–H groups in total. The van der Waals surface area contributed by atoms with Crippen LogP contribution in [0.1, 0.15) is 46.6 Å². The van der Waals surface area contributed by atoms with Gasteiger partial charge in [-0.05, 0) is 62.1 Å². The highest BCUT2D eigenvalue weighted by molar-refractivity contribution is 5.92. The number of carboxylic acids is 1. The van der Waals surface area contributed by atoms with E-state index in [0.717, 1.165) is 60.7 Å². The number of imidazole rings is 1. The van der Waals surface area contributed by atoms with E-state index in [-0.39, 0.29) is 29.6 Å². The lowest BCUT2D eigenvalue weighted by atomic mass is 9.52. The molecule has 0 amide bonds. The number of piperidine rings is 1. The number of carboxylic acid groups (broad SMARTS) is 1. The Morgan fingerprint density at radius 2 is 2.02 bits per heavy atom. The van der Waals surface area contributed by atoms with Crippen molar-refractivity contribution in [2.24, 2.45) is 0 Å². The van der Waals surface area contributed by atoms with Gasteiger partial charge in [-0.15, -0.1) is 0 Å². The van der Waals surface area contributed by atoms with Crippen molar-refractivity contribution in [3.05, 3.63) is 82.9 Å². The van der Waals surface area contributed by atoms with Gasteiger partial charge in [-0.1, -0.05) is 18.2 Å². The molecule has 0 bridgehead atoms. The Bertz CT molecular complexity index is 1710. The van der Waals surface area contributed by atoms with Gasteiger partial charge in [0.15, 0.2) is 0 Å². The third-order valence-electron chi connectivity index (χ3n) is 9.78. The van der Waals surface area contributed by atoms with E-state index in [4.69, 9.17) is 19.4 Å². The maximum Gasteiger partial charge on any atom is 0.335 e. The van der Waals surface area contributed by atoms with Gasteiger partial charge >= 0.3 is 5.97 Å². The number of nitrogens with zero attached hydrogens (tertiary/aromatic N) is 5. The summed E-state index contributed by atoms with van der Waals surface area (Å²) in [6.07, 6.45) is 3.37. The first kappa shape index (κ1) is 25.7. The van der Waals surface area contributed by atoms with Crippen LogP contribution in [0.25, 0.3) is 11.0 Å². The number of halogens is 1. The SMILES string of the molecule is Cc1ccc(COc2cccc(N3CC4N(Cc5nc6ccc(C(=O)O)cc6n5C[C@@H]5CCO5)C5CCC543)n2)c(F)c1.